The summed E-state index contributed by atoms with van der Waals surface area (Å²) in [6, 6.07) is 11.6. The van der Waals surface area contributed by atoms with Crippen LogP contribution in [0.2, 0.25) is 0 Å². The maximum atomic E-state index is 5.60. The molecule has 0 N–H and O–H groups in total. The highest BCUT2D eigenvalue weighted by molar-refractivity contribution is 5.46. The van der Waals surface area contributed by atoms with Gasteiger partial charge in [0.15, 0.2) is 11.5 Å². The van der Waals surface area contributed by atoms with Gasteiger partial charge in [-0.2, -0.15) is 0 Å². The fourth-order valence-corrected chi connectivity index (χ4v) is 1.34. The van der Waals surface area contributed by atoms with Crippen molar-refractivity contribution in [3.63, 3.8) is 0 Å². The van der Waals surface area contributed by atoms with E-state index >= 15 is 0 Å². The third kappa shape index (κ3) is 2.66. The van der Waals surface area contributed by atoms with Gasteiger partial charge >= 0.3 is 0 Å². The molecule has 0 bridgehead atoms. The number of hydrogen-bond acceptors (Lipinski definition) is 4. The van der Waals surface area contributed by atoms with E-state index in [1.54, 1.807) is 50.7 Å². The van der Waals surface area contributed by atoms with Gasteiger partial charge in [-0.05, 0) is 24.3 Å². The van der Waals surface area contributed by atoms with Crippen LogP contribution in [0.5, 0.6) is 23.1 Å². The van der Waals surface area contributed by atoms with Gasteiger partial charge < -0.3 is 14.2 Å². The summed E-state index contributed by atoms with van der Waals surface area (Å²) in [6.07, 6.45) is 1.61. The predicted octanol–water partition coefficient (Wildman–Crippen LogP) is 2.69. The minimum Gasteiger partial charge on any atom is -0.497 e. The minimum atomic E-state index is 0.457. The molecule has 1 radical (unpaired) electrons. The fraction of sp³-hybridized carbons (Fsp3) is 0.154. The third-order valence-corrected chi connectivity index (χ3v) is 2.16. The largest absolute Gasteiger partial charge is 0.497 e. The van der Waals surface area contributed by atoms with Gasteiger partial charge in [0.2, 0.25) is 5.88 Å². The number of hydrogen-bond donors (Lipinski definition) is 0. The molecule has 0 aliphatic carbocycles. The van der Waals surface area contributed by atoms with Crippen LogP contribution in [0.1, 0.15) is 0 Å². The van der Waals surface area contributed by atoms with Gasteiger partial charge in [-0.3, -0.25) is 0 Å². The molecular weight excluding hydrogens is 218 g/mol. The summed E-state index contributed by atoms with van der Waals surface area (Å²) in [7, 11) is 3.18. The Labute approximate surface area is 99.8 Å². The number of nitrogens with zero attached hydrogens (tertiary/aromatic N) is 1. The topological polar surface area (TPSA) is 40.6 Å². The van der Waals surface area contributed by atoms with Gasteiger partial charge in [-0.25, -0.2) is 4.98 Å². The molecule has 0 amide bonds. The third-order valence-electron chi connectivity index (χ3n) is 2.16. The number of pyridine rings is 1. The van der Waals surface area contributed by atoms with Crippen molar-refractivity contribution >= 4 is 0 Å². The Kier molecular flexibility index (Phi) is 3.45. The maximum absolute atomic E-state index is 5.60. The van der Waals surface area contributed by atoms with Crippen LogP contribution < -0.4 is 14.2 Å². The van der Waals surface area contributed by atoms with Gasteiger partial charge in [-0.15, -0.1) is 0 Å². The second-order valence-electron chi connectivity index (χ2n) is 3.21. The monoisotopic (exact) mass is 230 g/mol. The van der Waals surface area contributed by atoms with E-state index in [0.29, 0.717) is 23.1 Å². The second-order valence-corrected chi connectivity index (χ2v) is 3.21. The Hall–Kier alpha value is -2.23. The molecular formula is C13H12NO3. The lowest BCUT2D eigenvalue weighted by Crippen LogP contribution is -1.93. The van der Waals surface area contributed by atoms with E-state index in [-0.39, 0.29) is 0 Å². The highest BCUT2D eigenvalue weighted by Crippen LogP contribution is 2.33. The fourth-order valence-electron chi connectivity index (χ4n) is 1.34. The smallest absolute Gasteiger partial charge is 0.219 e. The lowest BCUT2D eigenvalue weighted by molar-refractivity contribution is 0.367. The van der Waals surface area contributed by atoms with E-state index in [1.165, 1.54) is 0 Å². The van der Waals surface area contributed by atoms with Crippen LogP contribution in [0.15, 0.2) is 36.5 Å². The number of aromatic nitrogens is 1. The van der Waals surface area contributed by atoms with Crippen LogP contribution in [0.4, 0.5) is 0 Å². The molecule has 0 atom stereocenters. The normalized spacial score (nSPS) is 9.76. The maximum Gasteiger partial charge on any atom is 0.219 e. The zero-order chi connectivity index (χ0) is 12.1. The summed E-state index contributed by atoms with van der Waals surface area (Å²) < 4.78 is 15.9. The Morgan fingerprint density at radius 2 is 2.00 bits per heavy atom. The summed E-state index contributed by atoms with van der Waals surface area (Å²) in [5, 5.41) is 0. The molecule has 4 heteroatoms. The van der Waals surface area contributed by atoms with Crippen LogP contribution in [-0.2, 0) is 0 Å². The highest BCUT2D eigenvalue weighted by Gasteiger charge is 2.07. The molecule has 1 aromatic carbocycles. The van der Waals surface area contributed by atoms with Crippen LogP contribution >= 0.6 is 0 Å². The molecule has 0 saturated heterocycles. The molecule has 0 saturated carbocycles. The second kappa shape index (κ2) is 5.21. The van der Waals surface area contributed by atoms with Crippen molar-refractivity contribution in [1.82, 2.24) is 4.98 Å². The quantitative estimate of drug-likeness (QED) is 0.809. The molecule has 2 rings (SSSR count). The minimum absolute atomic E-state index is 0.457. The van der Waals surface area contributed by atoms with E-state index in [2.05, 4.69) is 11.1 Å². The first kappa shape index (κ1) is 11.3. The van der Waals surface area contributed by atoms with Gasteiger partial charge in [0, 0.05) is 18.3 Å². The summed E-state index contributed by atoms with van der Waals surface area (Å²) in [5.74, 6) is 2.33. The SMILES string of the molecule is COc1ccc(OC)c(Oc2c[c]ccn2)c1. The van der Waals surface area contributed by atoms with E-state index in [0.717, 1.165) is 0 Å². The molecule has 87 valence electrons. The summed E-state index contributed by atoms with van der Waals surface area (Å²) in [4.78, 5) is 4.06. The predicted molar refractivity (Wildman–Crippen MR) is 62.7 cm³/mol. The van der Waals surface area contributed by atoms with E-state index in [9.17, 15) is 0 Å². The molecule has 0 spiro atoms. The molecule has 0 aliphatic rings. The molecule has 2 aromatic rings. The van der Waals surface area contributed by atoms with E-state index < -0.39 is 0 Å². The molecule has 0 unspecified atom stereocenters. The Morgan fingerprint density at radius 3 is 2.65 bits per heavy atom. The first-order chi connectivity index (χ1) is 8.33. The van der Waals surface area contributed by atoms with Gasteiger partial charge in [-0.1, -0.05) is 0 Å². The molecule has 4 nitrogen and oxygen atoms in total. The van der Waals surface area contributed by atoms with Crippen molar-refractivity contribution in [3.05, 3.63) is 42.6 Å². The number of methoxy groups -OCH3 is 2. The first-order valence-electron chi connectivity index (χ1n) is 5.05. The Morgan fingerprint density at radius 1 is 1.12 bits per heavy atom. The van der Waals surface area contributed by atoms with E-state index in [4.69, 9.17) is 14.2 Å². The zero-order valence-corrected chi connectivity index (χ0v) is 9.64. The first-order valence-corrected chi connectivity index (χ1v) is 5.05. The summed E-state index contributed by atoms with van der Waals surface area (Å²) >= 11 is 0. The lowest BCUT2D eigenvalue weighted by Gasteiger charge is -2.10. The molecule has 0 aliphatic heterocycles. The number of benzene rings is 1. The Bertz CT molecular complexity index is 485. The van der Waals surface area contributed by atoms with Crippen LogP contribution in [0, 0.1) is 6.07 Å². The molecule has 0 fully saturated rings. The van der Waals surface area contributed by atoms with Gasteiger partial charge in [0.25, 0.3) is 0 Å². The average molecular weight is 230 g/mol. The zero-order valence-electron chi connectivity index (χ0n) is 9.64. The average Bonchev–Trinajstić information content (AvgIpc) is 2.40. The Balaban J connectivity index is 2.30. The standard InChI is InChI=1S/C13H12NO3/c1-15-10-6-7-11(16-2)12(9-10)17-13-5-3-4-8-14-13/h4-9H,1-2H3. The van der Waals surface area contributed by atoms with E-state index in [1.807, 2.05) is 0 Å². The summed E-state index contributed by atoms with van der Waals surface area (Å²) in [5.41, 5.74) is 0. The van der Waals surface area contributed by atoms with Crippen LogP contribution in [0.25, 0.3) is 0 Å². The van der Waals surface area contributed by atoms with Crippen LogP contribution in [-0.4, -0.2) is 19.2 Å². The highest BCUT2D eigenvalue weighted by atomic mass is 16.5. The van der Waals surface area contributed by atoms with Crippen molar-refractivity contribution in [2.75, 3.05) is 14.2 Å². The molecule has 17 heavy (non-hydrogen) atoms. The van der Waals surface area contributed by atoms with Gasteiger partial charge in [0.05, 0.1) is 14.2 Å². The number of rotatable bonds is 4. The summed E-state index contributed by atoms with van der Waals surface area (Å²) in [6.45, 7) is 0. The van der Waals surface area contributed by atoms with Gasteiger partial charge in [0.1, 0.15) is 5.75 Å². The molecule has 1 heterocycles. The van der Waals surface area contributed by atoms with Crippen molar-refractivity contribution in [1.29, 1.82) is 0 Å². The van der Waals surface area contributed by atoms with Crippen molar-refractivity contribution in [3.8, 4) is 23.1 Å². The van der Waals surface area contributed by atoms with Crippen molar-refractivity contribution in [2.45, 2.75) is 0 Å². The lowest BCUT2D eigenvalue weighted by atomic mass is 10.3. The molecule has 1 aromatic heterocycles. The van der Waals surface area contributed by atoms with Crippen LogP contribution in [0.3, 0.4) is 0 Å². The van der Waals surface area contributed by atoms with Crippen molar-refractivity contribution in [2.24, 2.45) is 0 Å². The number of ether oxygens (including phenoxy) is 3. The van der Waals surface area contributed by atoms with Crippen molar-refractivity contribution < 1.29 is 14.2 Å².